The third kappa shape index (κ3) is 3.91. The second-order valence-electron chi connectivity index (χ2n) is 3.48. The number of hydrogen-bond acceptors (Lipinski definition) is 7. The van der Waals surface area contributed by atoms with Crippen LogP contribution < -0.4 is 4.90 Å². The van der Waals surface area contributed by atoms with Gasteiger partial charge in [0, 0.05) is 14.1 Å². The Bertz CT molecular complexity index is 553. The highest BCUT2D eigenvalue weighted by molar-refractivity contribution is 7.19. The van der Waals surface area contributed by atoms with E-state index in [-0.39, 0.29) is 10.7 Å². The van der Waals surface area contributed by atoms with E-state index >= 15 is 0 Å². The van der Waals surface area contributed by atoms with E-state index < -0.39 is 18.0 Å². The first-order valence-corrected chi connectivity index (χ1v) is 5.68. The first-order chi connectivity index (χ1) is 9.15. The molecule has 0 aliphatic heterocycles. The summed E-state index contributed by atoms with van der Waals surface area (Å²) in [5, 5.41) is 11.8. The number of carboxylic acid groups (broad SMARTS) is 1. The number of alkyl halides is 3. The van der Waals surface area contributed by atoms with Gasteiger partial charge in [-0.25, -0.2) is 9.78 Å². The minimum absolute atomic E-state index is 0.0284. The number of nitrogens with zero attached hydrogens (tertiary/aromatic N) is 4. The number of thiazole rings is 1. The number of anilines is 1. The fraction of sp³-hybridized carbons (Fsp3) is 0.333. The summed E-state index contributed by atoms with van der Waals surface area (Å²) in [5.74, 6) is -1.73. The summed E-state index contributed by atoms with van der Waals surface area (Å²) < 4.78 is 35.8. The molecular weight excluding hydrogens is 301 g/mol. The summed E-state index contributed by atoms with van der Waals surface area (Å²) in [6.45, 7) is 3.21. The van der Waals surface area contributed by atoms with E-state index in [2.05, 4.69) is 26.7 Å². The van der Waals surface area contributed by atoms with Crippen LogP contribution in [0, 0.1) is 0 Å². The van der Waals surface area contributed by atoms with E-state index in [1.54, 1.807) is 14.1 Å². The zero-order chi connectivity index (χ0) is 15.5. The normalized spacial score (nSPS) is 12.2. The standard InChI is InChI=1S/C9H9F3N4O3S/c1-13-6-4(14-8(20-6)16(2)3)5(7(17)18)15-19-9(10,11)12/h1H2,2-3H3,(H,17,18). The van der Waals surface area contributed by atoms with Crippen LogP contribution in [-0.2, 0) is 9.63 Å². The lowest BCUT2D eigenvalue weighted by Crippen LogP contribution is -2.19. The SMILES string of the molecule is C=Nc1sc(N(C)C)nc1C(=NOC(F)(F)F)C(=O)O. The number of oxime groups is 1. The third-order valence-corrected chi connectivity index (χ3v) is 2.95. The Morgan fingerprint density at radius 1 is 1.50 bits per heavy atom. The monoisotopic (exact) mass is 310 g/mol. The molecule has 1 rings (SSSR count). The van der Waals surface area contributed by atoms with Crippen molar-refractivity contribution in [3.8, 4) is 0 Å². The van der Waals surface area contributed by atoms with E-state index in [0.717, 1.165) is 11.3 Å². The van der Waals surface area contributed by atoms with Gasteiger partial charge in [-0.05, 0) is 6.72 Å². The average Bonchev–Trinajstić information content (AvgIpc) is 2.71. The van der Waals surface area contributed by atoms with Crippen molar-refractivity contribution in [2.75, 3.05) is 19.0 Å². The maximum absolute atomic E-state index is 11.9. The Morgan fingerprint density at radius 2 is 2.10 bits per heavy atom. The van der Waals surface area contributed by atoms with Crippen LogP contribution in [0.5, 0.6) is 0 Å². The van der Waals surface area contributed by atoms with Crippen LogP contribution in [0.15, 0.2) is 10.1 Å². The number of rotatable bonds is 5. The molecule has 1 N–H and O–H groups in total. The summed E-state index contributed by atoms with van der Waals surface area (Å²) in [6.07, 6.45) is -5.09. The molecule has 0 aromatic carbocycles. The molecule has 7 nitrogen and oxygen atoms in total. The van der Waals surface area contributed by atoms with E-state index in [4.69, 9.17) is 5.11 Å². The van der Waals surface area contributed by atoms with Gasteiger partial charge in [0.15, 0.2) is 5.13 Å². The highest BCUT2D eigenvalue weighted by Gasteiger charge is 2.33. The molecule has 1 aromatic heterocycles. The molecule has 20 heavy (non-hydrogen) atoms. The minimum atomic E-state index is -5.09. The molecule has 0 radical (unpaired) electrons. The van der Waals surface area contributed by atoms with Gasteiger partial charge in [-0.3, -0.25) is 9.83 Å². The summed E-state index contributed by atoms with van der Waals surface area (Å²) in [4.78, 5) is 23.1. The molecule has 0 saturated carbocycles. The number of hydrogen-bond donors (Lipinski definition) is 1. The third-order valence-electron chi connectivity index (χ3n) is 1.79. The molecule has 0 amide bonds. The van der Waals surface area contributed by atoms with Gasteiger partial charge in [-0.15, -0.1) is 13.2 Å². The van der Waals surface area contributed by atoms with Crippen molar-refractivity contribution in [3.63, 3.8) is 0 Å². The number of carboxylic acids is 1. The lowest BCUT2D eigenvalue weighted by molar-refractivity contribution is -0.325. The van der Waals surface area contributed by atoms with E-state index in [9.17, 15) is 18.0 Å². The van der Waals surface area contributed by atoms with Gasteiger partial charge < -0.3 is 10.0 Å². The number of aromatic nitrogens is 1. The maximum Gasteiger partial charge on any atom is 0.593 e. The highest BCUT2D eigenvalue weighted by Crippen LogP contribution is 2.33. The predicted octanol–water partition coefficient (Wildman–Crippen LogP) is 1.87. The fourth-order valence-electron chi connectivity index (χ4n) is 1.03. The second kappa shape index (κ2) is 5.86. The average molecular weight is 310 g/mol. The van der Waals surface area contributed by atoms with Crippen molar-refractivity contribution in [1.82, 2.24) is 4.98 Å². The minimum Gasteiger partial charge on any atom is -0.476 e. The molecule has 11 heteroatoms. The van der Waals surface area contributed by atoms with E-state index in [1.807, 2.05) is 0 Å². The fourth-order valence-corrected chi connectivity index (χ4v) is 1.83. The van der Waals surface area contributed by atoms with Crippen molar-refractivity contribution >= 4 is 39.9 Å². The van der Waals surface area contributed by atoms with Gasteiger partial charge >= 0.3 is 12.3 Å². The number of aliphatic imine (C=N–C) groups is 1. The molecule has 0 atom stereocenters. The molecular formula is C9H9F3N4O3S. The van der Waals surface area contributed by atoms with Gasteiger partial charge in [0.2, 0.25) is 5.71 Å². The smallest absolute Gasteiger partial charge is 0.476 e. The van der Waals surface area contributed by atoms with Gasteiger partial charge in [0.25, 0.3) is 0 Å². The number of aliphatic carboxylic acids is 1. The summed E-state index contributed by atoms with van der Waals surface area (Å²) in [5.41, 5.74) is -1.35. The van der Waals surface area contributed by atoms with Crippen LogP contribution >= 0.6 is 11.3 Å². The van der Waals surface area contributed by atoms with E-state index in [0.29, 0.717) is 5.13 Å². The van der Waals surface area contributed by atoms with Crippen molar-refractivity contribution < 1.29 is 27.9 Å². The van der Waals surface area contributed by atoms with Crippen molar-refractivity contribution in [2.24, 2.45) is 10.1 Å². The van der Waals surface area contributed by atoms with Crippen LogP contribution in [0.1, 0.15) is 5.69 Å². The van der Waals surface area contributed by atoms with Crippen LogP contribution in [0.25, 0.3) is 0 Å². The Balaban J connectivity index is 3.28. The maximum atomic E-state index is 11.9. The molecule has 0 saturated heterocycles. The Morgan fingerprint density at radius 3 is 2.50 bits per heavy atom. The number of carbonyl (C=O) groups is 1. The molecule has 0 bridgehead atoms. The van der Waals surface area contributed by atoms with Crippen molar-refractivity contribution in [3.05, 3.63) is 5.69 Å². The summed E-state index contributed by atoms with van der Waals surface area (Å²) in [6, 6.07) is 0. The topological polar surface area (TPSA) is 87.4 Å². The largest absolute Gasteiger partial charge is 0.593 e. The Labute approximate surface area is 115 Å². The molecule has 0 fully saturated rings. The summed E-state index contributed by atoms with van der Waals surface area (Å²) in [7, 11) is 3.25. The van der Waals surface area contributed by atoms with E-state index in [1.165, 1.54) is 4.90 Å². The zero-order valence-electron chi connectivity index (χ0n) is 10.3. The van der Waals surface area contributed by atoms with Gasteiger partial charge in [0.1, 0.15) is 10.7 Å². The summed E-state index contributed by atoms with van der Waals surface area (Å²) >= 11 is 0.951. The van der Waals surface area contributed by atoms with Crippen molar-refractivity contribution in [2.45, 2.75) is 6.36 Å². The molecule has 1 aromatic rings. The Kier molecular flexibility index (Phi) is 4.65. The van der Waals surface area contributed by atoms with Crippen LogP contribution in [-0.4, -0.2) is 48.9 Å². The van der Waals surface area contributed by atoms with Crippen LogP contribution in [0.3, 0.4) is 0 Å². The van der Waals surface area contributed by atoms with Crippen molar-refractivity contribution in [1.29, 1.82) is 0 Å². The quantitative estimate of drug-likeness (QED) is 0.662. The second-order valence-corrected chi connectivity index (χ2v) is 4.44. The van der Waals surface area contributed by atoms with Crippen LogP contribution in [0.4, 0.5) is 23.3 Å². The highest BCUT2D eigenvalue weighted by atomic mass is 32.1. The predicted molar refractivity (Wildman–Crippen MR) is 67.0 cm³/mol. The molecule has 110 valence electrons. The zero-order valence-corrected chi connectivity index (χ0v) is 11.1. The molecule has 0 aliphatic rings. The number of halogens is 3. The molecule has 0 aliphatic carbocycles. The molecule has 0 unspecified atom stereocenters. The lowest BCUT2D eigenvalue weighted by Gasteiger charge is -2.05. The van der Waals surface area contributed by atoms with Gasteiger partial charge in [-0.2, -0.15) is 0 Å². The van der Waals surface area contributed by atoms with Gasteiger partial charge in [-0.1, -0.05) is 16.5 Å². The van der Waals surface area contributed by atoms with Gasteiger partial charge in [0.05, 0.1) is 0 Å². The lowest BCUT2D eigenvalue weighted by atomic mass is 10.3. The van der Waals surface area contributed by atoms with Crippen LogP contribution in [0.2, 0.25) is 0 Å². The first-order valence-electron chi connectivity index (χ1n) is 4.87. The molecule has 0 spiro atoms. The molecule has 1 heterocycles. The Hall–Kier alpha value is -2.17. The first kappa shape index (κ1) is 15.9.